The summed E-state index contributed by atoms with van der Waals surface area (Å²) in [6.07, 6.45) is 3.99. The summed E-state index contributed by atoms with van der Waals surface area (Å²) < 4.78 is 4.65. The van der Waals surface area contributed by atoms with Crippen LogP contribution < -0.4 is 5.32 Å². The third-order valence-corrected chi connectivity index (χ3v) is 1.20. The second-order valence-electron chi connectivity index (χ2n) is 1.94. The average Bonchev–Trinajstić information content (AvgIpc) is 1.78. The standard InChI is InChI=1S/C6H9NO2/c1-9-3-2-5-4-6(8)7-5/h2-3,5H,4H2,1H3,(H,7,8)/b3-2+. The minimum Gasteiger partial charge on any atom is -0.505 e. The van der Waals surface area contributed by atoms with E-state index in [2.05, 4.69) is 10.1 Å². The molecular weight excluding hydrogens is 118 g/mol. The van der Waals surface area contributed by atoms with Gasteiger partial charge in [0.25, 0.3) is 0 Å². The van der Waals surface area contributed by atoms with Crippen LogP contribution in [-0.4, -0.2) is 19.1 Å². The lowest BCUT2D eigenvalue weighted by molar-refractivity contribution is -0.127. The van der Waals surface area contributed by atoms with Crippen molar-refractivity contribution in [3.05, 3.63) is 12.3 Å². The highest BCUT2D eigenvalue weighted by Crippen LogP contribution is 2.04. The van der Waals surface area contributed by atoms with Crippen molar-refractivity contribution in [1.29, 1.82) is 0 Å². The molecule has 1 fully saturated rings. The highest BCUT2D eigenvalue weighted by Gasteiger charge is 2.21. The molecule has 50 valence electrons. The zero-order valence-electron chi connectivity index (χ0n) is 5.26. The lowest BCUT2D eigenvalue weighted by atomic mass is 10.1. The van der Waals surface area contributed by atoms with Gasteiger partial charge in [0.2, 0.25) is 5.91 Å². The Morgan fingerprint density at radius 2 is 2.56 bits per heavy atom. The molecule has 1 amide bonds. The van der Waals surface area contributed by atoms with E-state index in [1.54, 1.807) is 13.4 Å². The number of methoxy groups -OCH3 is 1. The summed E-state index contributed by atoms with van der Waals surface area (Å²) in [5.41, 5.74) is 0. The molecule has 9 heavy (non-hydrogen) atoms. The Labute approximate surface area is 53.7 Å². The molecule has 1 aliphatic rings. The van der Waals surface area contributed by atoms with E-state index in [0.717, 1.165) is 0 Å². The Morgan fingerprint density at radius 1 is 1.89 bits per heavy atom. The predicted octanol–water partition coefficient (Wildman–Crippen LogP) is 0.0350. The Kier molecular flexibility index (Phi) is 1.72. The minimum atomic E-state index is 0.112. The summed E-state index contributed by atoms with van der Waals surface area (Å²) >= 11 is 0. The Bertz CT molecular complexity index is 134. The highest BCUT2D eigenvalue weighted by molar-refractivity contribution is 5.83. The van der Waals surface area contributed by atoms with Crippen molar-refractivity contribution in [2.24, 2.45) is 0 Å². The minimum absolute atomic E-state index is 0.112. The maximum absolute atomic E-state index is 10.3. The summed E-state index contributed by atoms with van der Waals surface area (Å²) in [6.45, 7) is 0. The van der Waals surface area contributed by atoms with Crippen molar-refractivity contribution in [1.82, 2.24) is 5.32 Å². The molecule has 1 saturated heterocycles. The van der Waals surface area contributed by atoms with E-state index < -0.39 is 0 Å². The Hall–Kier alpha value is -0.990. The smallest absolute Gasteiger partial charge is 0.222 e. The fraction of sp³-hybridized carbons (Fsp3) is 0.500. The molecule has 1 aliphatic heterocycles. The molecule has 0 saturated carbocycles. The van der Waals surface area contributed by atoms with E-state index in [4.69, 9.17) is 0 Å². The van der Waals surface area contributed by atoms with Gasteiger partial charge in [0.15, 0.2) is 0 Å². The van der Waals surface area contributed by atoms with Crippen LogP contribution in [0.2, 0.25) is 0 Å². The molecule has 0 radical (unpaired) electrons. The molecule has 1 heterocycles. The molecule has 3 heteroatoms. The number of nitrogens with one attached hydrogen (secondary N) is 1. The van der Waals surface area contributed by atoms with Gasteiger partial charge >= 0.3 is 0 Å². The van der Waals surface area contributed by atoms with Crippen molar-refractivity contribution in [3.63, 3.8) is 0 Å². The molecule has 0 aromatic carbocycles. The predicted molar refractivity (Wildman–Crippen MR) is 32.7 cm³/mol. The average molecular weight is 127 g/mol. The summed E-state index contributed by atoms with van der Waals surface area (Å²) in [5, 5.41) is 2.67. The van der Waals surface area contributed by atoms with E-state index in [-0.39, 0.29) is 11.9 Å². The first-order valence-corrected chi connectivity index (χ1v) is 2.82. The summed E-state index contributed by atoms with van der Waals surface area (Å²) in [7, 11) is 1.58. The van der Waals surface area contributed by atoms with Gasteiger partial charge in [-0.15, -0.1) is 0 Å². The summed E-state index contributed by atoms with van der Waals surface area (Å²) in [4.78, 5) is 10.3. The number of hydrogen-bond donors (Lipinski definition) is 1. The van der Waals surface area contributed by atoms with Crippen LogP contribution in [0.25, 0.3) is 0 Å². The van der Waals surface area contributed by atoms with E-state index in [0.29, 0.717) is 6.42 Å². The van der Waals surface area contributed by atoms with Crippen LogP contribution in [0.1, 0.15) is 6.42 Å². The second kappa shape index (κ2) is 2.53. The highest BCUT2D eigenvalue weighted by atomic mass is 16.5. The molecule has 1 rings (SSSR count). The molecule has 1 unspecified atom stereocenters. The van der Waals surface area contributed by atoms with Crippen molar-refractivity contribution in [2.45, 2.75) is 12.5 Å². The van der Waals surface area contributed by atoms with Gasteiger partial charge < -0.3 is 10.1 Å². The first-order valence-electron chi connectivity index (χ1n) is 2.82. The number of carbonyl (C=O) groups excluding carboxylic acids is 1. The number of ether oxygens (including phenoxy) is 1. The van der Waals surface area contributed by atoms with Gasteiger partial charge in [0.1, 0.15) is 0 Å². The van der Waals surface area contributed by atoms with E-state index in [9.17, 15) is 4.79 Å². The number of amides is 1. The van der Waals surface area contributed by atoms with E-state index in [1.807, 2.05) is 6.08 Å². The molecule has 0 spiro atoms. The molecule has 3 nitrogen and oxygen atoms in total. The summed E-state index contributed by atoms with van der Waals surface area (Å²) in [5.74, 6) is 0.112. The van der Waals surface area contributed by atoms with E-state index in [1.165, 1.54) is 0 Å². The van der Waals surface area contributed by atoms with Crippen LogP contribution in [-0.2, 0) is 9.53 Å². The fourth-order valence-electron chi connectivity index (χ4n) is 0.675. The number of hydrogen-bond acceptors (Lipinski definition) is 2. The van der Waals surface area contributed by atoms with Gasteiger partial charge in [-0.2, -0.15) is 0 Å². The lowest BCUT2D eigenvalue weighted by Crippen LogP contribution is -2.47. The largest absolute Gasteiger partial charge is 0.505 e. The van der Waals surface area contributed by atoms with Gasteiger partial charge in [0, 0.05) is 0 Å². The van der Waals surface area contributed by atoms with Crippen LogP contribution in [0.15, 0.2) is 12.3 Å². The fourth-order valence-corrected chi connectivity index (χ4v) is 0.675. The Morgan fingerprint density at radius 3 is 3.00 bits per heavy atom. The van der Waals surface area contributed by atoms with Gasteiger partial charge in [-0.25, -0.2) is 0 Å². The Balaban J connectivity index is 2.17. The van der Waals surface area contributed by atoms with Gasteiger partial charge in [0.05, 0.1) is 25.8 Å². The molecule has 0 aromatic heterocycles. The summed E-state index contributed by atoms with van der Waals surface area (Å²) in [6, 6.07) is 0.206. The maximum atomic E-state index is 10.3. The third-order valence-electron chi connectivity index (χ3n) is 1.20. The van der Waals surface area contributed by atoms with Gasteiger partial charge in [-0.3, -0.25) is 4.79 Å². The van der Waals surface area contributed by atoms with Crippen molar-refractivity contribution < 1.29 is 9.53 Å². The maximum Gasteiger partial charge on any atom is 0.222 e. The quantitative estimate of drug-likeness (QED) is 0.420. The molecule has 0 aromatic rings. The van der Waals surface area contributed by atoms with Crippen LogP contribution >= 0.6 is 0 Å². The van der Waals surface area contributed by atoms with Crippen molar-refractivity contribution in [3.8, 4) is 0 Å². The first-order chi connectivity index (χ1) is 4.33. The third kappa shape index (κ3) is 1.45. The van der Waals surface area contributed by atoms with Crippen molar-refractivity contribution in [2.75, 3.05) is 7.11 Å². The first kappa shape index (κ1) is 6.13. The van der Waals surface area contributed by atoms with Crippen LogP contribution in [0.3, 0.4) is 0 Å². The van der Waals surface area contributed by atoms with Crippen LogP contribution in [0.5, 0.6) is 0 Å². The zero-order valence-corrected chi connectivity index (χ0v) is 5.26. The lowest BCUT2D eigenvalue weighted by Gasteiger charge is -2.22. The monoisotopic (exact) mass is 127 g/mol. The van der Waals surface area contributed by atoms with Gasteiger partial charge in [-0.1, -0.05) is 0 Å². The van der Waals surface area contributed by atoms with Crippen LogP contribution in [0, 0.1) is 0 Å². The molecular formula is C6H9NO2. The van der Waals surface area contributed by atoms with E-state index >= 15 is 0 Å². The molecule has 0 bridgehead atoms. The topological polar surface area (TPSA) is 38.3 Å². The number of carbonyl (C=O) groups is 1. The molecule has 1 N–H and O–H groups in total. The van der Waals surface area contributed by atoms with Crippen LogP contribution in [0.4, 0.5) is 0 Å². The van der Waals surface area contributed by atoms with Gasteiger partial charge in [-0.05, 0) is 6.08 Å². The number of rotatable bonds is 2. The second-order valence-corrected chi connectivity index (χ2v) is 1.94. The normalized spacial score (nSPS) is 25.4. The molecule has 0 aliphatic carbocycles. The molecule has 1 atom stereocenters. The number of β-lactam (4-membered cyclic amide) rings is 1. The SMILES string of the molecule is CO/C=C/C1CC(=O)N1. The zero-order chi connectivity index (χ0) is 6.69. The van der Waals surface area contributed by atoms with Crippen molar-refractivity contribution >= 4 is 5.91 Å².